The first-order valence-corrected chi connectivity index (χ1v) is 10.2. The molecule has 27 heavy (non-hydrogen) atoms. The molecule has 0 heterocycles. The fourth-order valence-electron chi connectivity index (χ4n) is 3.28. The summed E-state index contributed by atoms with van der Waals surface area (Å²) >= 11 is 6.41. The summed E-state index contributed by atoms with van der Waals surface area (Å²) in [6.45, 7) is 5.67. The summed E-state index contributed by atoms with van der Waals surface area (Å²) in [6.07, 6.45) is 4.97. The Kier molecular flexibility index (Phi) is 6.11. The highest BCUT2D eigenvalue weighted by Gasteiger charge is 2.35. The predicted molar refractivity (Wildman–Crippen MR) is 108 cm³/mol. The molecule has 1 aromatic carbocycles. The molecule has 2 saturated carbocycles. The Hall–Kier alpha value is -1.59. The molecule has 0 aromatic heterocycles. The molecular formula is C21H30ClN3O2. The molecule has 148 valence electrons. The lowest BCUT2D eigenvalue weighted by Gasteiger charge is -2.32. The molecular weight excluding hydrogens is 362 g/mol. The number of nitrogens with one attached hydrogen (secondary N) is 1. The first-order chi connectivity index (χ1) is 12.8. The molecule has 2 aliphatic carbocycles. The van der Waals surface area contributed by atoms with E-state index in [0.717, 1.165) is 43.4 Å². The highest BCUT2D eigenvalue weighted by atomic mass is 35.5. The number of carbonyl (C=O) groups is 2. The van der Waals surface area contributed by atoms with Crippen molar-refractivity contribution in [2.75, 3.05) is 18.4 Å². The molecule has 0 saturated heterocycles. The molecule has 6 heteroatoms. The van der Waals surface area contributed by atoms with E-state index < -0.39 is 0 Å². The predicted octanol–water partition coefficient (Wildman–Crippen LogP) is 3.80. The maximum Gasteiger partial charge on any atom is 0.227 e. The monoisotopic (exact) mass is 391 g/mol. The van der Waals surface area contributed by atoms with E-state index in [1.54, 1.807) is 6.07 Å². The summed E-state index contributed by atoms with van der Waals surface area (Å²) < 4.78 is 0. The number of anilines is 1. The van der Waals surface area contributed by atoms with Crippen LogP contribution >= 0.6 is 11.6 Å². The molecule has 0 spiro atoms. The van der Waals surface area contributed by atoms with Crippen LogP contribution in [-0.2, 0) is 16.1 Å². The van der Waals surface area contributed by atoms with Gasteiger partial charge in [-0.3, -0.25) is 9.59 Å². The van der Waals surface area contributed by atoms with Crippen molar-refractivity contribution in [3.8, 4) is 0 Å². The summed E-state index contributed by atoms with van der Waals surface area (Å²) in [5.41, 5.74) is 7.32. The maximum absolute atomic E-state index is 12.8. The zero-order valence-electron chi connectivity index (χ0n) is 16.3. The van der Waals surface area contributed by atoms with Crippen LogP contribution in [0.15, 0.2) is 18.2 Å². The number of nitrogens with two attached hydrogens (primary N) is 1. The molecule has 2 aliphatic rings. The molecule has 0 radical (unpaired) electrons. The van der Waals surface area contributed by atoms with Gasteiger partial charge in [0, 0.05) is 35.6 Å². The number of carbonyl (C=O) groups excluding carboxylic acids is 2. The zero-order chi connectivity index (χ0) is 19.6. The van der Waals surface area contributed by atoms with Crippen LogP contribution in [0.4, 0.5) is 5.69 Å². The van der Waals surface area contributed by atoms with Gasteiger partial charge in [-0.1, -0.05) is 31.9 Å². The first kappa shape index (κ1) is 20.2. The van der Waals surface area contributed by atoms with Crippen LogP contribution in [0.5, 0.6) is 0 Å². The minimum Gasteiger partial charge on any atom is -0.337 e. The van der Waals surface area contributed by atoms with Crippen LogP contribution in [0.3, 0.4) is 0 Å². The summed E-state index contributed by atoms with van der Waals surface area (Å²) in [6, 6.07) is 5.50. The van der Waals surface area contributed by atoms with Gasteiger partial charge in [0.15, 0.2) is 0 Å². The molecule has 0 atom stereocenters. The van der Waals surface area contributed by atoms with Gasteiger partial charge in [-0.25, -0.2) is 0 Å². The van der Waals surface area contributed by atoms with Crippen LogP contribution in [0, 0.1) is 17.3 Å². The molecule has 0 aliphatic heterocycles. The molecule has 3 N–H and O–H groups in total. The third kappa shape index (κ3) is 5.23. The van der Waals surface area contributed by atoms with Gasteiger partial charge in [-0.15, -0.1) is 0 Å². The summed E-state index contributed by atoms with van der Waals surface area (Å²) in [5, 5.41) is 3.59. The molecule has 0 bridgehead atoms. The van der Waals surface area contributed by atoms with Crippen LogP contribution in [0.25, 0.3) is 0 Å². The molecule has 2 amide bonds. The van der Waals surface area contributed by atoms with Crippen LogP contribution in [0.2, 0.25) is 5.02 Å². The summed E-state index contributed by atoms with van der Waals surface area (Å²) in [5.74, 6) is 0.516. The van der Waals surface area contributed by atoms with E-state index in [4.69, 9.17) is 17.3 Å². The minimum atomic E-state index is -0.160. The van der Waals surface area contributed by atoms with Crippen molar-refractivity contribution in [1.82, 2.24) is 4.90 Å². The third-order valence-corrected chi connectivity index (χ3v) is 5.93. The quantitative estimate of drug-likeness (QED) is 0.707. The molecule has 3 rings (SSSR count). The van der Waals surface area contributed by atoms with E-state index in [-0.39, 0.29) is 29.1 Å². The average Bonchev–Trinajstić information content (AvgIpc) is 3.39. The number of hydrogen-bond acceptors (Lipinski definition) is 3. The van der Waals surface area contributed by atoms with Gasteiger partial charge < -0.3 is 16.0 Å². The van der Waals surface area contributed by atoms with E-state index in [2.05, 4.69) is 19.2 Å². The van der Waals surface area contributed by atoms with Gasteiger partial charge in [-0.05, 0) is 61.4 Å². The number of hydrogen-bond donors (Lipinski definition) is 2. The molecule has 0 unspecified atom stereocenters. The highest BCUT2D eigenvalue weighted by molar-refractivity contribution is 6.31. The Morgan fingerprint density at radius 1 is 1.22 bits per heavy atom. The van der Waals surface area contributed by atoms with Gasteiger partial charge in [-0.2, -0.15) is 0 Å². The minimum absolute atomic E-state index is 0.0738. The fraction of sp³-hybridized carbons (Fsp3) is 0.619. The zero-order valence-corrected chi connectivity index (χ0v) is 17.0. The second-order valence-electron chi connectivity index (χ2n) is 8.76. The van der Waals surface area contributed by atoms with Gasteiger partial charge in [0.25, 0.3) is 0 Å². The lowest BCUT2D eigenvalue weighted by Crippen LogP contribution is -2.42. The van der Waals surface area contributed by atoms with Gasteiger partial charge >= 0.3 is 0 Å². The van der Waals surface area contributed by atoms with Crippen molar-refractivity contribution in [3.63, 3.8) is 0 Å². The Balaban J connectivity index is 1.74. The summed E-state index contributed by atoms with van der Waals surface area (Å²) in [4.78, 5) is 26.9. The van der Waals surface area contributed by atoms with Gasteiger partial charge in [0.2, 0.25) is 11.8 Å². The molecule has 2 fully saturated rings. The first-order valence-electron chi connectivity index (χ1n) is 9.87. The lowest BCUT2D eigenvalue weighted by molar-refractivity contribution is -0.134. The van der Waals surface area contributed by atoms with Crippen molar-refractivity contribution in [1.29, 1.82) is 0 Å². The molecule has 5 nitrogen and oxygen atoms in total. The summed E-state index contributed by atoms with van der Waals surface area (Å²) in [7, 11) is 0. The largest absolute Gasteiger partial charge is 0.337 e. The number of halogens is 1. The van der Waals surface area contributed by atoms with Crippen LogP contribution in [-0.4, -0.2) is 29.8 Å². The van der Waals surface area contributed by atoms with Crippen LogP contribution in [0.1, 0.15) is 51.5 Å². The molecule has 1 aromatic rings. The highest BCUT2D eigenvalue weighted by Crippen LogP contribution is 2.34. The van der Waals surface area contributed by atoms with E-state index in [9.17, 15) is 9.59 Å². The lowest BCUT2D eigenvalue weighted by atomic mass is 9.85. The number of amides is 2. The van der Waals surface area contributed by atoms with Gasteiger partial charge in [0.05, 0.1) is 0 Å². The SMILES string of the molecule is CC(C)(CN)CN(Cc1cc(NC(=O)C2CCC2)ccc1Cl)C(=O)C1CC1. The standard InChI is InChI=1S/C21H30ClN3O2/c1-21(2,12-23)13-25(20(27)15-6-7-15)11-16-10-17(8-9-18(16)22)24-19(26)14-4-3-5-14/h8-10,14-15H,3-7,11-13,23H2,1-2H3,(H,24,26). The maximum atomic E-state index is 12.8. The van der Waals surface area contributed by atoms with E-state index >= 15 is 0 Å². The number of benzene rings is 1. The average molecular weight is 392 g/mol. The Morgan fingerprint density at radius 2 is 1.93 bits per heavy atom. The number of rotatable bonds is 8. The Morgan fingerprint density at radius 3 is 2.48 bits per heavy atom. The normalized spacial score (nSPS) is 17.3. The second-order valence-corrected chi connectivity index (χ2v) is 9.17. The second kappa shape index (κ2) is 8.19. The van der Waals surface area contributed by atoms with E-state index in [1.807, 2.05) is 17.0 Å². The van der Waals surface area contributed by atoms with Crippen molar-refractivity contribution in [3.05, 3.63) is 28.8 Å². The smallest absolute Gasteiger partial charge is 0.227 e. The topological polar surface area (TPSA) is 75.4 Å². The van der Waals surface area contributed by atoms with E-state index in [0.29, 0.717) is 24.7 Å². The van der Waals surface area contributed by atoms with Gasteiger partial charge in [0.1, 0.15) is 0 Å². The Labute approximate surface area is 166 Å². The van der Waals surface area contributed by atoms with Crippen molar-refractivity contribution in [2.24, 2.45) is 23.0 Å². The van der Waals surface area contributed by atoms with E-state index in [1.165, 1.54) is 0 Å². The fourth-order valence-corrected chi connectivity index (χ4v) is 3.45. The number of nitrogens with zero attached hydrogens (tertiary/aromatic N) is 1. The van der Waals surface area contributed by atoms with Crippen LogP contribution < -0.4 is 11.1 Å². The Bertz CT molecular complexity index is 711. The third-order valence-electron chi connectivity index (χ3n) is 5.56. The van der Waals surface area contributed by atoms with Crippen molar-refractivity contribution in [2.45, 2.75) is 52.5 Å². The van der Waals surface area contributed by atoms with Crippen molar-refractivity contribution < 1.29 is 9.59 Å². The van der Waals surface area contributed by atoms with Crippen molar-refractivity contribution >= 4 is 29.1 Å².